The molecule has 1 N–H and O–H groups in total. The average Bonchev–Trinajstić information content (AvgIpc) is 3.06. The molecule has 0 spiro atoms. The lowest BCUT2D eigenvalue weighted by atomic mass is 10.1. The van der Waals surface area contributed by atoms with Crippen LogP contribution in [0.15, 0.2) is 30.6 Å². The van der Waals surface area contributed by atoms with Crippen molar-refractivity contribution in [3.8, 4) is 5.75 Å². The summed E-state index contributed by atoms with van der Waals surface area (Å²) in [7, 11) is 0. The van der Waals surface area contributed by atoms with E-state index in [9.17, 15) is 4.79 Å². The van der Waals surface area contributed by atoms with E-state index >= 15 is 0 Å². The molecule has 1 aliphatic heterocycles. The maximum Gasteiger partial charge on any atom is 0.241 e. The molecule has 0 bridgehead atoms. The van der Waals surface area contributed by atoms with E-state index in [-0.39, 0.29) is 18.6 Å². The number of nitrogens with zero attached hydrogens (tertiary/aromatic N) is 5. The van der Waals surface area contributed by atoms with Crippen molar-refractivity contribution in [3.05, 3.63) is 36.2 Å². The van der Waals surface area contributed by atoms with Gasteiger partial charge in [-0.25, -0.2) is 4.68 Å². The number of benzene rings is 1. The van der Waals surface area contributed by atoms with E-state index in [0.29, 0.717) is 6.54 Å². The molecule has 26 heavy (non-hydrogen) atoms. The topological polar surface area (TPSA) is 85.2 Å². The van der Waals surface area contributed by atoms with Gasteiger partial charge in [-0.15, -0.1) is 5.10 Å². The van der Waals surface area contributed by atoms with Crippen molar-refractivity contribution in [2.75, 3.05) is 19.6 Å². The molecular formula is C18H26N6O2. The van der Waals surface area contributed by atoms with E-state index in [1.165, 1.54) is 16.6 Å². The Balaban J connectivity index is 1.53. The zero-order chi connectivity index (χ0) is 18.2. The lowest BCUT2D eigenvalue weighted by Gasteiger charge is -2.24. The van der Waals surface area contributed by atoms with Crippen molar-refractivity contribution < 1.29 is 9.53 Å². The Morgan fingerprint density at radius 1 is 1.38 bits per heavy atom. The van der Waals surface area contributed by atoms with Crippen molar-refractivity contribution in [2.45, 2.75) is 45.4 Å². The van der Waals surface area contributed by atoms with Crippen LogP contribution in [0.4, 0.5) is 0 Å². The Kier molecular flexibility index (Phi) is 6.54. The lowest BCUT2D eigenvalue weighted by molar-refractivity contribution is -0.121. The summed E-state index contributed by atoms with van der Waals surface area (Å²) in [4.78, 5) is 14.3. The van der Waals surface area contributed by atoms with Gasteiger partial charge in [-0.2, -0.15) is 0 Å². The highest BCUT2D eigenvalue weighted by atomic mass is 16.5. The number of fused-ring (bicyclic) bond motifs is 1. The molecule has 1 aromatic heterocycles. The number of hydrogen-bond acceptors (Lipinski definition) is 6. The quantitative estimate of drug-likeness (QED) is 0.764. The molecule has 8 nitrogen and oxygen atoms in total. The number of tetrazole rings is 1. The Labute approximate surface area is 153 Å². The first-order valence-electron chi connectivity index (χ1n) is 9.19. The summed E-state index contributed by atoms with van der Waals surface area (Å²) in [5.41, 5.74) is 1.20. The molecule has 1 atom stereocenters. The molecule has 0 saturated heterocycles. The van der Waals surface area contributed by atoms with Gasteiger partial charge in [0.2, 0.25) is 5.91 Å². The predicted octanol–water partition coefficient (Wildman–Crippen LogP) is 1.24. The summed E-state index contributed by atoms with van der Waals surface area (Å²) in [5.74, 6) is 0.894. The number of amides is 1. The standard InChI is InChI=1S/C18H26N6O2/c1-2-3-7-16-12-23(11-15-6-4-5-8-17(15)26-16)10-9-19-18(25)13-24-14-20-21-22-24/h4-6,8,14,16H,2-3,7,9-13H2,1H3,(H,19,25)/t16-/m1/s1. The van der Waals surface area contributed by atoms with Crippen molar-refractivity contribution in [2.24, 2.45) is 0 Å². The summed E-state index contributed by atoms with van der Waals surface area (Å²) < 4.78 is 7.64. The molecule has 1 aromatic carbocycles. The number of nitrogens with one attached hydrogen (secondary N) is 1. The molecular weight excluding hydrogens is 332 g/mol. The largest absolute Gasteiger partial charge is 0.489 e. The average molecular weight is 358 g/mol. The van der Waals surface area contributed by atoms with E-state index in [4.69, 9.17) is 4.74 Å². The fourth-order valence-electron chi connectivity index (χ4n) is 3.12. The zero-order valence-corrected chi connectivity index (χ0v) is 15.2. The van der Waals surface area contributed by atoms with Crippen molar-refractivity contribution >= 4 is 5.91 Å². The molecule has 0 radical (unpaired) electrons. The Morgan fingerprint density at radius 3 is 3.08 bits per heavy atom. The van der Waals surface area contributed by atoms with E-state index in [0.717, 1.165) is 44.6 Å². The Hall–Kier alpha value is -2.48. The minimum Gasteiger partial charge on any atom is -0.489 e. The highest BCUT2D eigenvalue weighted by molar-refractivity contribution is 5.75. The number of aromatic nitrogens is 4. The molecule has 0 saturated carbocycles. The zero-order valence-electron chi connectivity index (χ0n) is 15.2. The van der Waals surface area contributed by atoms with Gasteiger partial charge in [0.1, 0.15) is 24.7 Å². The van der Waals surface area contributed by atoms with Crippen LogP contribution in [-0.2, 0) is 17.9 Å². The predicted molar refractivity (Wildman–Crippen MR) is 96.5 cm³/mol. The number of carbonyl (C=O) groups excluding carboxylic acids is 1. The molecule has 1 aliphatic rings. The molecule has 3 rings (SSSR count). The summed E-state index contributed by atoms with van der Waals surface area (Å²) >= 11 is 0. The van der Waals surface area contributed by atoms with E-state index in [2.05, 4.69) is 38.7 Å². The van der Waals surface area contributed by atoms with Crippen molar-refractivity contribution in [3.63, 3.8) is 0 Å². The first-order chi connectivity index (χ1) is 12.7. The molecule has 140 valence electrons. The fraction of sp³-hybridized carbons (Fsp3) is 0.556. The summed E-state index contributed by atoms with van der Waals surface area (Å²) in [5, 5.41) is 13.7. The van der Waals surface area contributed by atoms with Crippen LogP contribution in [0.5, 0.6) is 5.75 Å². The molecule has 8 heteroatoms. The van der Waals surface area contributed by atoms with Crippen molar-refractivity contribution in [1.82, 2.24) is 30.4 Å². The molecule has 0 unspecified atom stereocenters. The first-order valence-corrected chi connectivity index (χ1v) is 9.19. The maximum atomic E-state index is 12.0. The molecule has 2 heterocycles. The van der Waals surface area contributed by atoms with Gasteiger partial charge in [0.05, 0.1) is 0 Å². The highest BCUT2D eigenvalue weighted by Gasteiger charge is 2.22. The number of para-hydroxylation sites is 1. The van der Waals surface area contributed by atoms with Gasteiger partial charge in [-0.05, 0) is 29.3 Å². The third kappa shape index (κ3) is 5.26. The van der Waals surface area contributed by atoms with Gasteiger partial charge in [0.15, 0.2) is 0 Å². The molecule has 0 fully saturated rings. The van der Waals surface area contributed by atoms with E-state index in [1.807, 2.05) is 18.2 Å². The number of unbranched alkanes of at least 4 members (excludes halogenated alkanes) is 1. The van der Waals surface area contributed by atoms with Crippen LogP contribution < -0.4 is 10.1 Å². The number of hydrogen-bond donors (Lipinski definition) is 1. The minimum atomic E-state index is -0.0914. The van der Waals surface area contributed by atoms with Gasteiger partial charge in [0, 0.05) is 31.7 Å². The monoisotopic (exact) mass is 358 g/mol. The van der Waals surface area contributed by atoms with Crippen LogP contribution in [0.2, 0.25) is 0 Å². The van der Waals surface area contributed by atoms with Crippen LogP contribution >= 0.6 is 0 Å². The third-order valence-corrected chi connectivity index (χ3v) is 4.45. The van der Waals surface area contributed by atoms with Crippen LogP contribution in [0.25, 0.3) is 0 Å². The van der Waals surface area contributed by atoms with Crippen LogP contribution in [-0.4, -0.2) is 56.8 Å². The Bertz CT molecular complexity index is 691. The molecule has 1 amide bonds. The van der Waals surface area contributed by atoms with E-state index in [1.54, 1.807) is 0 Å². The molecule has 2 aromatic rings. The molecule has 0 aliphatic carbocycles. The van der Waals surface area contributed by atoms with E-state index < -0.39 is 0 Å². The normalized spacial score (nSPS) is 17.2. The minimum absolute atomic E-state index is 0.0914. The Morgan fingerprint density at radius 2 is 2.27 bits per heavy atom. The van der Waals surface area contributed by atoms with Crippen LogP contribution in [0.3, 0.4) is 0 Å². The third-order valence-electron chi connectivity index (χ3n) is 4.45. The van der Waals surface area contributed by atoms with Gasteiger partial charge >= 0.3 is 0 Å². The van der Waals surface area contributed by atoms with Gasteiger partial charge < -0.3 is 10.1 Å². The van der Waals surface area contributed by atoms with Gasteiger partial charge in [-0.1, -0.05) is 31.5 Å². The first kappa shape index (κ1) is 18.3. The second-order valence-electron chi connectivity index (χ2n) is 6.58. The number of carbonyl (C=O) groups is 1. The van der Waals surface area contributed by atoms with Crippen LogP contribution in [0, 0.1) is 0 Å². The van der Waals surface area contributed by atoms with Gasteiger partial charge in [-0.3, -0.25) is 9.69 Å². The SMILES string of the molecule is CCCC[C@@H]1CN(CCNC(=O)Cn2cnnn2)Cc2ccccc2O1. The lowest BCUT2D eigenvalue weighted by Crippen LogP contribution is -2.39. The van der Waals surface area contributed by atoms with Gasteiger partial charge in [0.25, 0.3) is 0 Å². The number of ether oxygens (including phenoxy) is 1. The van der Waals surface area contributed by atoms with Crippen molar-refractivity contribution in [1.29, 1.82) is 0 Å². The van der Waals surface area contributed by atoms with Crippen LogP contribution in [0.1, 0.15) is 31.7 Å². The summed E-state index contributed by atoms with van der Waals surface area (Å²) in [6.07, 6.45) is 4.99. The second-order valence-corrected chi connectivity index (χ2v) is 6.58. The summed E-state index contributed by atoms with van der Waals surface area (Å²) in [6, 6.07) is 8.22. The summed E-state index contributed by atoms with van der Waals surface area (Å²) in [6.45, 7) is 5.41. The smallest absolute Gasteiger partial charge is 0.241 e. The fourth-order valence-corrected chi connectivity index (χ4v) is 3.12. The second kappa shape index (κ2) is 9.28. The number of rotatable bonds is 8. The maximum absolute atomic E-state index is 12.0. The highest BCUT2D eigenvalue weighted by Crippen LogP contribution is 2.26.